The van der Waals surface area contributed by atoms with Crippen molar-refractivity contribution < 1.29 is 22.7 Å². The molecule has 0 N–H and O–H groups in total. The molecule has 0 bridgehead atoms. The second-order valence-corrected chi connectivity index (χ2v) is 4.78. The number of carbonyl (C=O) groups is 1. The fourth-order valence-electron chi connectivity index (χ4n) is 1.44. The molecule has 0 amide bonds. The van der Waals surface area contributed by atoms with Gasteiger partial charge in [-0.15, -0.1) is 0 Å². The zero-order chi connectivity index (χ0) is 13.1. The third kappa shape index (κ3) is 3.68. The van der Waals surface area contributed by atoms with E-state index in [9.17, 15) is 18.0 Å². The minimum atomic E-state index is -4.47. The molecule has 0 heterocycles. The van der Waals surface area contributed by atoms with Crippen molar-refractivity contribution in [3.8, 4) is 0 Å². The largest absolute Gasteiger partial charge is 0.456 e. The molecule has 0 fully saturated rings. The number of alkyl halides is 3. The van der Waals surface area contributed by atoms with E-state index >= 15 is 0 Å². The molecule has 96 valence electrons. The van der Waals surface area contributed by atoms with Crippen LogP contribution in [0.4, 0.5) is 13.2 Å². The van der Waals surface area contributed by atoms with Gasteiger partial charge in [-0.05, 0) is 18.8 Å². The van der Waals surface area contributed by atoms with Crippen LogP contribution in [0.1, 0.15) is 34.6 Å². The Kier molecular flexibility index (Phi) is 4.83. The molecule has 0 unspecified atom stereocenters. The lowest BCUT2D eigenvalue weighted by Gasteiger charge is -2.35. The van der Waals surface area contributed by atoms with Crippen LogP contribution in [0.25, 0.3) is 0 Å². The van der Waals surface area contributed by atoms with E-state index in [1.54, 1.807) is 34.6 Å². The van der Waals surface area contributed by atoms with Gasteiger partial charge in [0.15, 0.2) is 6.61 Å². The van der Waals surface area contributed by atoms with E-state index in [2.05, 4.69) is 4.74 Å². The van der Waals surface area contributed by atoms with E-state index in [-0.39, 0.29) is 11.8 Å². The average Bonchev–Trinajstić information content (AvgIpc) is 2.10. The highest BCUT2D eigenvalue weighted by molar-refractivity contribution is 5.77. The molecule has 0 aromatic carbocycles. The molecule has 0 radical (unpaired) electrons. The number of hydrogen-bond acceptors (Lipinski definition) is 2. The quantitative estimate of drug-likeness (QED) is 0.704. The number of ether oxygens (including phenoxy) is 1. The normalized spacial score (nSPS) is 13.4. The van der Waals surface area contributed by atoms with Gasteiger partial charge in [-0.1, -0.05) is 27.7 Å². The highest BCUT2D eigenvalue weighted by atomic mass is 19.4. The van der Waals surface area contributed by atoms with Gasteiger partial charge in [0, 0.05) is 0 Å². The van der Waals surface area contributed by atoms with Crippen molar-refractivity contribution in [2.24, 2.45) is 17.3 Å². The summed E-state index contributed by atoms with van der Waals surface area (Å²) in [6.45, 7) is 7.33. The summed E-state index contributed by atoms with van der Waals surface area (Å²) in [4.78, 5) is 11.7. The summed E-state index contributed by atoms with van der Waals surface area (Å²) < 4.78 is 40.1. The first-order valence-electron chi connectivity index (χ1n) is 5.25. The van der Waals surface area contributed by atoms with Crippen molar-refractivity contribution >= 4 is 5.97 Å². The van der Waals surface area contributed by atoms with Gasteiger partial charge in [-0.25, -0.2) is 0 Å². The summed E-state index contributed by atoms with van der Waals surface area (Å²) in [5.41, 5.74) is -0.884. The second-order valence-electron chi connectivity index (χ2n) is 4.78. The van der Waals surface area contributed by atoms with Crippen molar-refractivity contribution in [3.63, 3.8) is 0 Å². The molecule has 0 rings (SSSR count). The van der Waals surface area contributed by atoms with Crippen LogP contribution in [0.3, 0.4) is 0 Å². The van der Waals surface area contributed by atoms with E-state index in [1.807, 2.05) is 0 Å². The summed E-state index contributed by atoms with van der Waals surface area (Å²) in [5, 5.41) is 0. The second kappa shape index (κ2) is 5.06. The monoisotopic (exact) mass is 240 g/mol. The number of hydrogen-bond donors (Lipinski definition) is 0. The first-order chi connectivity index (χ1) is 7.01. The lowest BCUT2D eigenvalue weighted by atomic mass is 9.70. The molecule has 16 heavy (non-hydrogen) atoms. The van der Waals surface area contributed by atoms with Gasteiger partial charge in [0.1, 0.15) is 0 Å². The molecular weight excluding hydrogens is 221 g/mol. The van der Waals surface area contributed by atoms with E-state index in [1.165, 1.54) is 0 Å². The number of halogens is 3. The third-order valence-electron chi connectivity index (χ3n) is 3.21. The maximum absolute atomic E-state index is 11.9. The topological polar surface area (TPSA) is 26.3 Å². The maximum Gasteiger partial charge on any atom is 0.422 e. The Morgan fingerprint density at radius 2 is 1.50 bits per heavy atom. The highest BCUT2D eigenvalue weighted by Crippen LogP contribution is 2.37. The van der Waals surface area contributed by atoms with Crippen molar-refractivity contribution in [2.75, 3.05) is 6.61 Å². The van der Waals surface area contributed by atoms with Gasteiger partial charge in [0.2, 0.25) is 0 Å². The molecule has 2 nitrogen and oxygen atoms in total. The lowest BCUT2D eigenvalue weighted by molar-refractivity contribution is -0.196. The zero-order valence-electron chi connectivity index (χ0n) is 10.3. The Hall–Kier alpha value is -0.740. The van der Waals surface area contributed by atoms with E-state index in [4.69, 9.17) is 0 Å². The SMILES string of the molecule is CC(C)C(C)(C(=O)OCC(F)(F)F)C(C)C. The van der Waals surface area contributed by atoms with Crippen molar-refractivity contribution in [3.05, 3.63) is 0 Å². The van der Waals surface area contributed by atoms with Gasteiger partial charge in [-0.2, -0.15) is 13.2 Å². The molecule has 0 spiro atoms. The number of carbonyl (C=O) groups excluding carboxylic acids is 1. The van der Waals surface area contributed by atoms with E-state index < -0.39 is 24.2 Å². The van der Waals surface area contributed by atoms with Crippen molar-refractivity contribution in [1.82, 2.24) is 0 Å². The summed E-state index contributed by atoms with van der Waals surface area (Å²) >= 11 is 0. The first kappa shape index (κ1) is 15.3. The van der Waals surface area contributed by atoms with Crippen LogP contribution in [-0.2, 0) is 9.53 Å². The fourth-order valence-corrected chi connectivity index (χ4v) is 1.44. The van der Waals surface area contributed by atoms with Crippen LogP contribution >= 0.6 is 0 Å². The molecule has 0 saturated heterocycles. The van der Waals surface area contributed by atoms with Crippen LogP contribution in [0, 0.1) is 17.3 Å². The van der Waals surface area contributed by atoms with Gasteiger partial charge >= 0.3 is 12.1 Å². The van der Waals surface area contributed by atoms with Crippen molar-refractivity contribution in [2.45, 2.75) is 40.8 Å². The van der Waals surface area contributed by atoms with Crippen LogP contribution in [-0.4, -0.2) is 18.8 Å². The van der Waals surface area contributed by atoms with Crippen LogP contribution in [0.2, 0.25) is 0 Å². The molecule has 0 aliphatic rings. The van der Waals surface area contributed by atoms with Gasteiger partial charge in [0.25, 0.3) is 0 Å². The highest BCUT2D eigenvalue weighted by Gasteiger charge is 2.42. The maximum atomic E-state index is 11.9. The Morgan fingerprint density at radius 1 is 1.12 bits per heavy atom. The van der Waals surface area contributed by atoms with Crippen LogP contribution in [0.5, 0.6) is 0 Å². The summed E-state index contributed by atoms with van der Waals surface area (Å²) in [6, 6.07) is 0. The third-order valence-corrected chi connectivity index (χ3v) is 3.21. The minimum Gasteiger partial charge on any atom is -0.456 e. The van der Waals surface area contributed by atoms with Crippen molar-refractivity contribution in [1.29, 1.82) is 0 Å². The molecule has 0 saturated carbocycles. The summed E-state index contributed by atoms with van der Waals surface area (Å²) in [6.07, 6.45) is -4.47. The Balaban J connectivity index is 4.66. The fraction of sp³-hybridized carbons (Fsp3) is 0.909. The van der Waals surface area contributed by atoms with Gasteiger partial charge in [-0.3, -0.25) is 4.79 Å². The van der Waals surface area contributed by atoms with Crippen LogP contribution < -0.4 is 0 Å². The zero-order valence-corrected chi connectivity index (χ0v) is 10.3. The molecule has 0 aromatic heterocycles. The summed E-state index contributed by atoms with van der Waals surface area (Å²) in [5.74, 6) is -0.934. The molecule has 0 aromatic rings. The first-order valence-corrected chi connectivity index (χ1v) is 5.25. The molecule has 0 atom stereocenters. The van der Waals surface area contributed by atoms with Gasteiger partial charge < -0.3 is 4.74 Å². The van der Waals surface area contributed by atoms with Gasteiger partial charge in [0.05, 0.1) is 5.41 Å². The molecular formula is C11H19F3O2. The molecule has 0 aliphatic carbocycles. The minimum absolute atomic E-state index is 0.0757. The predicted octanol–water partition coefficient (Wildman–Crippen LogP) is 3.41. The van der Waals surface area contributed by atoms with Crippen LogP contribution in [0.15, 0.2) is 0 Å². The Morgan fingerprint density at radius 3 is 1.75 bits per heavy atom. The summed E-state index contributed by atoms with van der Waals surface area (Å²) in [7, 11) is 0. The molecule has 5 heteroatoms. The Bertz CT molecular complexity index is 236. The number of esters is 1. The number of rotatable bonds is 4. The standard InChI is InChI=1S/C11H19F3O2/c1-7(2)10(5,8(3)4)9(15)16-6-11(12,13)14/h7-8H,6H2,1-5H3. The smallest absolute Gasteiger partial charge is 0.422 e. The van der Waals surface area contributed by atoms with E-state index in [0.717, 1.165) is 0 Å². The average molecular weight is 240 g/mol. The lowest BCUT2D eigenvalue weighted by Crippen LogP contribution is -2.41. The molecule has 0 aliphatic heterocycles. The van der Waals surface area contributed by atoms with E-state index in [0.29, 0.717) is 0 Å². The predicted molar refractivity (Wildman–Crippen MR) is 54.8 cm³/mol. The Labute approximate surface area is 94.2 Å².